The van der Waals surface area contributed by atoms with Crippen LogP contribution in [-0.4, -0.2) is 41.9 Å². The van der Waals surface area contributed by atoms with Crippen LogP contribution in [0.25, 0.3) is 11.6 Å². The standard InChI is InChI=1S/C25H25FN4O2/c1-3-17-12-20-21(26)10-16(11-23(20)29-24(17)15-31)14-30-8-6-18(7-9-30)19-4-5-22(28-13-19)25(32)27-2/h4-6,10-13,29H,3,7-9,14H2,1-2H3,(H,27,32). The van der Waals surface area contributed by atoms with Crippen molar-refractivity contribution in [3.63, 3.8) is 0 Å². The van der Waals surface area contributed by atoms with Gasteiger partial charge in [-0.2, -0.15) is 0 Å². The molecule has 4 rings (SSSR count). The number of allylic oxidation sites excluding steroid dienone is 1. The molecule has 0 radical (unpaired) electrons. The second kappa shape index (κ2) is 9.30. The molecular formula is C25H25FN4O2. The summed E-state index contributed by atoms with van der Waals surface area (Å²) in [7, 11) is 1.58. The lowest BCUT2D eigenvalue weighted by molar-refractivity contribution is 0.0958. The third-order valence-corrected chi connectivity index (χ3v) is 5.87. The summed E-state index contributed by atoms with van der Waals surface area (Å²) in [5.74, 6) is 1.42. The van der Waals surface area contributed by atoms with E-state index in [1.54, 1.807) is 31.5 Å². The molecule has 2 aliphatic rings. The molecule has 6 nitrogen and oxygen atoms in total. The summed E-state index contributed by atoms with van der Waals surface area (Å²) >= 11 is 0. The number of halogens is 1. The molecule has 0 bridgehead atoms. The predicted molar refractivity (Wildman–Crippen MR) is 123 cm³/mol. The Hall–Kier alpha value is -3.54. The molecular weight excluding hydrogens is 407 g/mol. The molecule has 0 fully saturated rings. The Labute approximate surface area is 186 Å². The molecule has 1 aromatic carbocycles. The number of nitrogens with zero attached hydrogens (tertiary/aromatic N) is 2. The van der Waals surface area contributed by atoms with Gasteiger partial charge in [0.25, 0.3) is 5.91 Å². The summed E-state index contributed by atoms with van der Waals surface area (Å²) < 4.78 is 14.8. The maximum absolute atomic E-state index is 14.8. The van der Waals surface area contributed by atoms with E-state index in [9.17, 15) is 14.0 Å². The van der Waals surface area contributed by atoms with Gasteiger partial charge in [0.15, 0.2) is 5.94 Å². The minimum absolute atomic E-state index is 0.204. The van der Waals surface area contributed by atoms with E-state index in [1.165, 1.54) is 5.57 Å². The number of nitrogens with one attached hydrogen (secondary N) is 2. The average molecular weight is 432 g/mol. The van der Waals surface area contributed by atoms with E-state index in [4.69, 9.17) is 0 Å². The van der Waals surface area contributed by atoms with Gasteiger partial charge in [-0.3, -0.25) is 14.7 Å². The van der Waals surface area contributed by atoms with Gasteiger partial charge in [-0.15, -0.1) is 0 Å². The number of rotatable bonds is 5. The smallest absolute Gasteiger partial charge is 0.269 e. The highest BCUT2D eigenvalue weighted by Gasteiger charge is 2.20. The van der Waals surface area contributed by atoms with E-state index in [2.05, 4.69) is 26.6 Å². The molecule has 1 aromatic heterocycles. The van der Waals surface area contributed by atoms with Crippen molar-refractivity contribution in [3.05, 3.63) is 76.0 Å². The van der Waals surface area contributed by atoms with Crippen LogP contribution in [0.4, 0.5) is 10.1 Å². The largest absolute Gasteiger partial charge is 0.354 e. The van der Waals surface area contributed by atoms with Gasteiger partial charge in [0.05, 0.1) is 0 Å². The fourth-order valence-electron chi connectivity index (χ4n) is 4.07. The summed E-state index contributed by atoms with van der Waals surface area (Å²) in [5.41, 5.74) is 5.65. The molecule has 2 N–H and O–H groups in total. The van der Waals surface area contributed by atoms with Gasteiger partial charge in [0, 0.05) is 44.1 Å². The number of hydrogen-bond acceptors (Lipinski definition) is 5. The Bertz CT molecular complexity index is 1160. The van der Waals surface area contributed by atoms with Crippen LogP contribution >= 0.6 is 0 Å². The number of anilines is 1. The zero-order valence-corrected chi connectivity index (χ0v) is 18.2. The molecule has 0 atom stereocenters. The first-order chi connectivity index (χ1) is 15.5. The quantitative estimate of drug-likeness (QED) is 0.703. The van der Waals surface area contributed by atoms with Gasteiger partial charge in [-0.1, -0.05) is 19.1 Å². The summed E-state index contributed by atoms with van der Waals surface area (Å²) in [6, 6.07) is 7.12. The van der Waals surface area contributed by atoms with Crippen LogP contribution in [0.1, 0.15) is 46.9 Å². The van der Waals surface area contributed by atoms with E-state index >= 15 is 0 Å². The molecule has 7 heteroatoms. The van der Waals surface area contributed by atoms with Crippen molar-refractivity contribution in [1.82, 2.24) is 15.2 Å². The Morgan fingerprint density at radius 3 is 2.81 bits per heavy atom. The van der Waals surface area contributed by atoms with Crippen molar-refractivity contribution in [3.8, 4) is 0 Å². The predicted octanol–water partition coefficient (Wildman–Crippen LogP) is 3.80. The third-order valence-electron chi connectivity index (χ3n) is 5.87. The molecule has 0 spiro atoms. The fourth-order valence-corrected chi connectivity index (χ4v) is 4.07. The Morgan fingerprint density at radius 1 is 1.34 bits per heavy atom. The Kier molecular flexibility index (Phi) is 6.30. The lowest BCUT2D eigenvalue weighted by Gasteiger charge is -2.27. The molecule has 0 saturated heterocycles. The number of hydrogen-bond donors (Lipinski definition) is 2. The van der Waals surface area contributed by atoms with Gasteiger partial charge >= 0.3 is 0 Å². The van der Waals surface area contributed by atoms with E-state index < -0.39 is 0 Å². The number of carbonyl (C=O) groups excluding carboxylic acids is 2. The lowest BCUT2D eigenvalue weighted by Crippen LogP contribution is -2.28. The minimum Gasteiger partial charge on any atom is -0.354 e. The maximum atomic E-state index is 14.8. The van der Waals surface area contributed by atoms with Crippen LogP contribution in [0, 0.1) is 5.82 Å². The summed E-state index contributed by atoms with van der Waals surface area (Å²) in [4.78, 5) is 29.4. The van der Waals surface area contributed by atoms with E-state index in [0.29, 0.717) is 35.6 Å². The normalized spacial score (nSPS) is 15.8. The van der Waals surface area contributed by atoms with Crippen molar-refractivity contribution in [2.75, 3.05) is 25.5 Å². The summed E-state index contributed by atoms with van der Waals surface area (Å²) in [6.07, 6.45) is 7.08. The Morgan fingerprint density at radius 2 is 2.19 bits per heavy atom. The maximum Gasteiger partial charge on any atom is 0.269 e. The first-order valence-electron chi connectivity index (χ1n) is 10.7. The number of pyridine rings is 1. The first-order valence-corrected chi connectivity index (χ1v) is 10.7. The third kappa shape index (κ3) is 4.40. The number of aromatic nitrogens is 1. The van der Waals surface area contributed by atoms with E-state index in [-0.39, 0.29) is 11.7 Å². The fraction of sp³-hybridized carbons (Fsp3) is 0.280. The highest BCUT2D eigenvalue weighted by molar-refractivity contribution is 5.92. The number of benzene rings is 1. The van der Waals surface area contributed by atoms with Crippen molar-refractivity contribution < 1.29 is 14.0 Å². The topological polar surface area (TPSA) is 74.3 Å². The highest BCUT2D eigenvalue weighted by Crippen LogP contribution is 2.33. The zero-order valence-electron chi connectivity index (χ0n) is 18.2. The molecule has 164 valence electrons. The van der Waals surface area contributed by atoms with Gasteiger partial charge in [-0.05, 0) is 59.4 Å². The summed E-state index contributed by atoms with van der Waals surface area (Å²) in [5, 5.41) is 5.60. The second-order valence-corrected chi connectivity index (χ2v) is 7.89. The van der Waals surface area contributed by atoms with Crippen molar-refractivity contribution >= 4 is 29.2 Å². The first kappa shape index (κ1) is 21.7. The van der Waals surface area contributed by atoms with Crippen molar-refractivity contribution in [2.24, 2.45) is 0 Å². The molecule has 0 saturated carbocycles. The molecule has 3 heterocycles. The van der Waals surface area contributed by atoms with E-state index in [1.807, 2.05) is 25.0 Å². The average Bonchev–Trinajstić information content (AvgIpc) is 2.83. The summed E-state index contributed by atoms with van der Waals surface area (Å²) in [6.45, 7) is 4.09. The second-order valence-electron chi connectivity index (χ2n) is 7.89. The monoisotopic (exact) mass is 432 g/mol. The number of amides is 1. The molecule has 0 unspecified atom stereocenters. The van der Waals surface area contributed by atoms with Crippen LogP contribution in [0.3, 0.4) is 0 Å². The molecule has 2 aliphatic heterocycles. The Balaban J connectivity index is 1.46. The molecule has 0 aliphatic carbocycles. The highest BCUT2D eigenvalue weighted by atomic mass is 19.1. The molecule has 32 heavy (non-hydrogen) atoms. The molecule has 1 amide bonds. The van der Waals surface area contributed by atoms with Crippen molar-refractivity contribution in [2.45, 2.75) is 26.3 Å². The lowest BCUT2D eigenvalue weighted by atomic mass is 9.97. The van der Waals surface area contributed by atoms with Gasteiger partial charge in [-0.25, -0.2) is 9.18 Å². The molecule has 2 aromatic rings. The van der Waals surface area contributed by atoms with Crippen LogP contribution in [0.5, 0.6) is 0 Å². The zero-order chi connectivity index (χ0) is 22.7. The number of carbonyl (C=O) groups is 1. The van der Waals surface area contributed by atoms with Crippen LogP contribution < -0.4 is 10.6 Å². The van der Waals surface area contributed by atoms with E-state index in [0.717, 1.165) is 36.2 Å². The SMILES string of the molecule is CCC1=Cc2c(F)cc(CN3CC=C(c4ccc(C(=O)NC)nc4)CC3)cc2NC1=C=O. The van der Waals surface area contributed by atoms with Crippen LogP contribution in [0.2, 0.25) is 0 Å². The van der Waals surface area contributed by atoms with Gasteiger partial charge in [0.2, 0.25) is 0 Å². The number of fused-ring (bicyclic) bond motifs is 1. The van der Waals surface area contributed by atoms with Gasteiger partial charge in [0.1, 0.15) is 17.2 Å². The van der Waals surface area contributed by atoms with Gasteiger partial charge < -0.3 is 10.6 Å². The van der Waals surface area contributed by atoms with Crippen LogP contribution in [-0.2, 0) is 11.3 Å². The minimum atomic E-state index is -0.295. The van der Waals surface area contributed by atoms with Crippen LogP contribution in [0.15, 0.2) is 47.8 Å². The van der Waals surface area contributed by atoms with Crippen molar-refractivity contribution in [1.29, 1.82) is 0 Å².